The number of carbonyl (C=O) groups is 2. The van der Waals surface area contributed by atoms with Gasteiger partial charge < -0.3 is 10.1 Å². The highest BCUT2D eigenvalue weighted by Crippen LogP contribution is 2.28. The molecule has 30 heavy (non-hydrogen) atoms. The largest absolute Gasteiger partial charge is 0.487 e. The Labute approximate surface area is 181 Å². The minimum absolute atomic E-state index is 0.0504. The maximum Gasteiger partial charge on any atom is 0.289 e. The van der Waals surface area contributed by atoms with Gasteiger partial charge in [-0.05, 0) is 24.3 Å². The number of nitrogens with one attached hydrogen (secondary N) is 1. The van der Waals surface area contributed by atoms with Gasteiger partial charge in [0.15, 0.2) is 11.6 Å². The Morgan fingerprint density at radius 2 is 1.97 bits per heavy atom. The number of aromatic nitrogens is 3. The molecule has 1 atom stereocenters. The van der Waals surface area contributed by atoms with Crippen LogP contribution in [0.25, 0.3) is 11.3 Å². The molecule has 1 N–H and O–H groups in total. The first-order chi connectivity index (χ1) is 14.4. The van der Waals surface area contributed by atoms with E-state index in [0.29, 0.717) is 27.8 Å². The molecule has 0 fully saturated rings. The molecule has 8 nitrogen and oxygen atoms in total. The summed E-state index contributed by atoms with van der Waals surface area (Å²) in [6.45, 7) is -0.0504. The van der Waals surface area contributed by atoms with Crippen LogP contribution in [0, 0.1) is 0 Å². The van der Waals surface area contributed by atoms with Crippen molar-refractivity contribution in [2.45, 2.75) is 6.04 Å². The summed E-state index contributed by atoms with van der Waals surface area (Å²) in [7, 11) is 1.57. The van der Waals surface area contributed by atoms with Crippen LogP contribution in [0.2, 0.25) is 10.0 Å². The number of hydrogen-bond acceptors (Lipinski definition) is 6. The monoisotopic (exact) mass is 443 g/mol. The molecular weight excluding hydrogens is 429 g/mol. The van der Waals surface area contributed by atoms with Gasteiger partial charge in [-0.3, -0.25) is 14.5 Å². The van der Waals surface area contributed by atoms with Crippen LogP contribution in [0.1, 0.15) is 10.6 Å². The van der Waals surface area contributed by atoms with Crippen LogP contribution >= 0.6 is 23.2 Å². The van der Waals surface area contributed by atoms with Gasteiger partial charge in [-0.1, -0.05) is 35.3 Å². The van der Waals surface area contributed by atoms with Crippen molar-refractivity contribution in [3.8, 4) is 17.0 Å². The summed E-state index contributed by atoms with van der Waals surface area (Å²) in [6, 6.07) is 9.33. The van der Waals surface area contributed by atoms with Crippen molar-refractivity contribution in [3.63, 3.8) is 0 Å². The summed E-state index contributed by atoms with van der Waals surface area (Å²) in [5.41, 5.74) is 1.06. The number of likely N-dealkylation sites (N-methyl/N-ethyl adjacent to an activating group) is 1. The fraction of sp³-hybridized carbons (Fsp3) is 0.150. The number of pyridine rings is 1. The Morgan fingerprint density at radius 3 is 2.73 bits per heavy atom. The summed E-state index contributed by atoms with van der Waals surface area (Å²) < 4.78 is 5.65. The number of hydrogen-bond donors (Lipinski definition) is 1. The normalized spacial score (nSPS) is 15.8. The van der Waals surface area contributed by atoms with E-state index in [9.17, 15) is 9.59 Å². The van der Waals surface area contributed by atoms with Crippen molar-refractivity contribution in [2.75, 3.05) is 18.6 Å². The summed E-state index contributed by atoms with van der Waals surface area (Å²) in [4.78, 5) is 39.3. The van der Waals surface area contributed by atoms with Crippen LogP contribution in [0.4, 0.5) is 5.82 Å². The number of anilines is 1. The molecule has 0 aliphatic carbocycles. The van der Waals surface area contributed by atoms with Gasteiger partial charge in [0.05, 0.1) is 16.9 Å². The highest BCUT2D eigenvalue weighted by atomic mass is 35.5. The average molecular weight is 444 g/mol. The number of rotatable bonds is 3. The minimum atomic E-state index is -0.935. The van der Waals surface area contributed by atoms with E-state index in [1.54, 1.807) is 49.6 Å². The predicted octanol–water partition coefficient (Wildman–Crippen LogP) is 3.00. The van der Waals surface area contributed by atoms with Crippen molar-refractivity contribution in [1.29, 1.82) is 0 Å². The molecule has 0 bridgehead atoms. The van der Waals surface area contributed by atoms with Gasteiger partial charge in [0.2, 0.25) is 5.82 Å². The molecule has 0 saturated heterocycles. The lowest BCUT2D eigenvalue weighted by Crippen LogP contribution is -2.49. The van der Waals surface area contributed by atoms with E-state index in [-0.39, 0.29) is 23.4 Å². The lowest BCUT2D eigenvalue weighted by Gasteiger charge is -2.19. The quantitative estimate of drug-likeness (QED) is 0.667. The summed E-state index contributed by atoms with van der Waals surface area (Å²) in [5.74, 6) is -0.284. The number of nitrogens with zero attached hydrogens (tertiary/aromatic N) is 4. The van der Waals surface area contributed by atoms with Gasteiger partial charge in [-0.2, -0.15) is 0 Å². The standard InChI is InChI=1S/C20H15Cl2N5O3/c1-27-18-15(3-2-8-23-18)30-10-14(20(27)29)25-19(28)17-24-9-13(22)16(26-17)11-4-6-12(21)7-5-11/h2-9,14H,10H2,1H3,(H,25,28). The Morgan fingerprint density at radius 1 is 1.20 bits per heavy atom. The van der Waals surface area contributed by atoms with E-state index < -0.39 is 11.9 Å². The van der Waals surface area contributed by atoms with E-state index >= 15 is 0 Å². The van der Waals surface area contributed by atoms with Gasteiger partial charge in [0, 0.05) is 23.8 Å². The van der Waals surface area contributed by atoms with Gasteiger partial charge >= 0.3 is 0 Å². The first kappa shape index (κ1) is 20.1. The fourth-order valence-electron chi connectivity index (χ4n) is 2.94. The lowest BCUT2D eigenvalue weighted by atomic mass is 10.1. The van der Waals surface area contributed by atoms with Gasteiger partial charge in [-0.15, -0.1) is 0 Å². The van der Waals surface area contributed by atoms with Crippen molar-refractivity contribution in [1.82, 2.24) is 20.3 Å². The van der Waals surface area contributed by atoms with Crippen LogP contribution in [0.3, 0.4) is 0 Å². The molecule has 2 aromatic heterocycles. The number of halogens is 2. The average Bonchev–Trinajstić information content (AvgIpc) is 2.87. The zero-order valence-corrected chi connectivity index (χ0v) is 17.2. The van der Waals surface area contributed by atoms with Crippen molar-refractivity contribution in [3.05, 3.63) is 64.7 Å². The molecule has 1 unspecified atom stereocenters. The number of amides is 2. The van der Waals surface area contributed by atoms with E-state index in [1.165, 1.54) is 11.1 Å². The second kappa shape index (κ2) is 8.25. The van der Waals surface area contributed by atoms with E-state index in [2.05, 4.69) is 20.3 Å². The topological polar surface area (TPSA) is 97.3 Å². The molecule has 4 rings (SSSR count). The van der Waals surface area contributed by atoms with E-state index in [0.717, 1.165) is 0 Å². The van der Waals surface area contributed by atoms with Crippen LogP contribution in [0.5, 0.6) is 5.75 Å². The van der Waals surface area contributed by atoms with Crippen LogP contribution < -0.4 is 15.0 Å². The minimum Gasteiger partial charge on any atom is -0.487 e. The van der Waals surface area contributed by atoms with Crippen LogP contribution in [-0.4, -0.2) is 46.5 Å². The van der Waals surface area contributed by atoms with Crippen molar-refractivity contribution < 1.29 is 14.3 Å². The summed E-state index contributed by atoms with van der Waals surface area (Å²) in [5, 5.41) is 3.47. The molecule has 152 valence electrons. The van der Waals surface area contributed by atoms with Crippen LogP contribution in [-0.2, 0) is 4.79 Å². The molecular formula is C20H15Cl2N5O3. The molecule has 1 aromatic carbocycles. The SMILES string of the molecule is CN1C(=O)C(NC(=O)c2ncc(Cl)c(-c3ccc(Cl)cc3)n2)COc2cccnc21. The molecule has 0 spiro atoms. The fourth-order valence-corrected chi connectivity index (χ4v) is 3.27. The number of carbonyl (C=O) groups excluding carboxylic acids is 2. The maximum absolute atomic E-state index is 12.8. The van der Waals surface area contributed by atoms with E-state index in [4.69, 9.17) is 27.9 Å². The third-order valence-electron chi connectivity index (χ3n) is 4.47. The predicted molar refractivity (Wildman–Crippen MR) is 112 cm³/mol. The highest BCUT2D eigenvalue weighted by Gasteiger charge is 2.32. The first-order valence-corrected chi connectivity index (χ1v) is 9.64. The Balaban J connectivity index is 1.56. The summed E-state index contributed by atoms with van der Waals surface area (Å²) >= 11 is 12.1. The third-order valence-corrected chi connectivity index (χ3v) is 5.00. The Kier molecular flexibility index (Phi) is 5.52. The highest BCUT2D eigenvalue weighted by molar-refractivity contribution is 6.33. The smallest absolute Gasteiger partial charge is 0.289 e. The Bertz CT molecular complexity index is 1120. The van der Waals surface area contributed by atoms with E-state index in [1.807, 2.05) is 0 Å². The van der Waals surface area contributed by atoms with Gasteiger partial charge in [0.1, 0.15) is 12.6 Å². The molecule has 1 aliphatic heterocycles. The molecule has 3 aromatic rings. The van der Waals surface area contributed by atoms with Crippen LogP contribution in [0.15, 0.2) is 48.8 Å². The number of fused-ring (bicyclic) bond motifs is 1. The lowest BCUT2D eigenvalue weighted by molar-refractivity contribution is -0.120. The Hall–Kier alpha value is -3.23. The zero-order valence-electron chi connectivity index (χ0n) is 15.7. The van der Waals surface area contributed by atoms with Crippen molar-refractivity contribution >= 4 is 40.8 Å². The summed E-state index contributed by atoms with van der Waals surface area (Å²) in [6.07, 6.45) is 2.90. The molecule has 1 aliphatic rings. The first-order valence-electron chi connectivity index (χ1n) is 8.89. The van der Waals surface area contributed by atoms with Gasteiger partial charge in [0.25, 0.3) is 11.8 Å². The second-order valence-electron chi connectivity index (χ2n) is 6.46. The number of benzene rings is 1. The van der Waals surface area contributed by atoms with Gasteiger partial charge in [-0.25, -0.2) is 15.0 Å². The molecule has 10 heteroatoms. The number of ether oxygens (including phenoxy) is 1. The second-order valence-corrected chi connectivity index (χ2v) is 7.30. The third kappa shape index (κ3) is 3.92. The molecule has 0 radical (unpaired) electrons. The zero-order chi connectivity index (χ0) is 21.3. The van der Waals surface area contributed by atoms with Crippen molar-refractivity contribution in [2.24, 2.45) is 0 Å². The molecule has 2 amide bonds. The molecule has 3 heterocycles. The molecule has 0 saturated carbocycles. The maximum atomic E-state index is 12.8.